The van der Waals surface area contributed by atoms with Crippen LogP contribution in [0.2, 0.25) is 0 Å². The Morgan fingerprint density at radius 1 is 1.04 bits per heavy atom. The molecule has 1 fully saturated rings. The van der Waals surface area contributed by atoms with E-state index in [9.17, 15) is 22.0 Å². The van der Waals surface area contributed by atoms with Crippen LogP contribution in [-0.4, -0.2) is 38.4 Å². The predicted octanol–water partition coefficient (Wildman–Crippen LogP) is 2.55. The van der Waals surface area contributed by atoms with E-state index < -0.39 is 27.6 Å². The molecule has 26 heavy (non-hydrogen) atoms. The van der Waals surface area contributed by atoms with Crippen LogP contribution in [0.3, 0.4) is 0 Å². The number of carbonyl (C=O) groups excluding carboxylic acids is 1. The second-order valence-corrected chi connectivity index (χ2v) is 7.84. The summed E-state index contributed by atoms with van der Waals surface area (Å²) in [6.45, 7) is 0.579. The number of hydrogen-bond donors (Lipinski definition) is 1. The van der Waals surface area contributed by atoms with Crippen molar-refractivity contribution in [3.8, 4) is 0 Å². The molecule has 1 N–H and O–H groups in total. The zero-order valence-corrected chi connectivity index (χ0v) is 14.7. The van der Waals surface area contributed by atoms with E-state index in [2.05, 4.69) is 4.72 Å². The van der Waals surface area contributed by atoms with Gasteiger partial charge in [-0.25, -0.2) is 21.9 Å². The highest BCUT2D eigenvalue weighted by Gasteiger charge is 2.28. The second kappa shape index (κ2) is 7.51. The van der Waals surface area contributed by atoms with Crippen molar-refractivity contribution >= 4 is 15.9 Å². The summed E-state index contributed by atoms with van der Waals surface area (Å²) >= 11 is 0. The van der Waals surface area contributed by atoms with E-state index in [1.54, 1.807) is 18.2 Å². The lowest BCUT2D eigenvalue weighted by atomic mass is 10.0. The molecule has 1 saturated heterocycles. The monoisotopic (exact) mass is 380 g/mol. The van der Waals surface area contributed by atoms with Crippen LogP contribution in [0.5, 0.6) is 0 Å². The summed E-state index contributed by atoms with van der Waals surface area (Å²) in [5, 5.41) is 0. The van der Waals surface area contributed by atoms with Gasteiger partial charge in [0.15, 0.2) is 0 Å². The van der Waals surface area contributed by atoms with Gasteiger partial charge >= 0.3 is 0 Å². The number of sulfonamides is 1. The minimum Gasteiger partial charge on any atom is -0.338 e. The molecule has 1 aliphatic heterocycles. The standard InChI is InChI=1S/C18H18F2N2O3S/c19-13-6-7-16(17(20)12-13)18(23)22-10-8-14(9-11-22)21-26(24,25)15-4-2-1-3-5-15/h1-7,12,14,21H,8-11H2. The molecule has 0 aromatic heterocycles. The first-order valence-electron chi connectivity index (χ1n) is 8.18. The van der Waals surface area contributed by atoms with Gasteiger partial charge in [-0.3, -0.25) is 4.79 Å². The molecule has 3 rings (SSSR count). The predicted molar refractivity (Wildman–Crippen MR) is 92.0 cm³/mol. The second-order valence-electron chi connectivity index (χ2n) is 6.12. The molecule has 1 amide bonds. The number of hydrogen-bond acceptors (Lipinski definition) is 3. The van der Waals surface area contributed by atoms with Crippen LogP contribution in [-0.2, 0) is 10.0 Å². The van der Waals surface area contributed by atoms with Gasteiger partial charge in [0, 0.05) is 25.2 Å². The smallest absolute Gasteiger partial charge is 0.256 e. The summed E-state index contributed by atoms with van der Waals surface area (Å²) in [4.78, 5) is 14.0. The van der Waals surface area contributed by atoms with Gasteiger partial charge < -0.3 is 4.90 Å². The number of amides is 1. The van der Waals surface area contributed by atoms with Crippen molar-refractivity contribution in [1.82, 2.24) is 9.62 Å². The Morgan fingerprint density at radius 2 is 1.69 bits per heavy atom. The summed E-state index contributed by atoms with van der Waals surface area (Å²) in [6, 6.07) is 10.6. The van der Waals surface area contributed by atoms with Crippen molar-refractivity contribution in [1.29, 1.82) is 0 Å². The zero-order valence-electron chi connectivity index (χ0n) is 13.9. The van der Waals surface area contributed by atoms with Crippen LogP contribution in [0, 0.1) is 11.6 Å². The maximum absolute atomic E-state index is 13.8. The Labute approximate surface area is 150 Å². The Balaban J connectivity index is 1.61. The molecule has 138 valence electrons. The van der Waals surface area contributed by atoms with Gasteiger partial charge in [-0.15, -0.1) is 0 Å². The number of halogens is 2. The SMILES string of the molecule is O=C(c1ccc(F)cc1F)N1CCC(NS(=O)(=O)c2ccccc2)CC1. The molecule has 0 atom stereocenters. The molecule has 8 heteroatoms. The van der Waals surface area contributed by atoms with Gasteiger partial charge in [-0.05, 0) is 37.1 Å². The fourth-order valence-corrected chi connectivity index (χ4v) is 4.25. The molecule has 0 radical (unpaired) electrons. The van der Waals surface area contributed by atoms with Crippen LogP contribution >= 0.6 is 0 Å². The number of rotatable bonds is 4. The Kier molecular flexibility index (Phi) is 5.33. The van der Waals surface area contributed by atoms with E-state index >= 15 is 0 Å². The summed E-state index contributed by atoms with van der Waals surface area (Å²) in [5.41, 5.74) is -0.185. The van der Waals surface area contributed by atoms with Crippen LogP contribution in [0.4, 0.5) is 8.78 Å². The van der Waals surface area contributed by atoms with Crippen LogP contribution in [0.1, 0.15) is 23.2 Å². The fourth-order valence-electron chi connectivity index (χ4n) is 2.92. The lowest BCUT2D eigenvalue weighted by molar-refractivity contribution is 0.0706. The topological polar surface area (TPSA) is 66.5 Å². The number of piperidine rings is 1. The van der Waals surface area contributed by atoms with Crippen LogP contribution < -0.4 is 4.72 Å². The van der Waals surface area contributed by atoms with Crippen molar-refractivity contribution in [2.45, 2.75) is 23.8 Å². The highest BCUT2D eigenvalue weighted by Crippen LogP contribution is 2.18. The average molecular weight is 380 g/mol. The number of likely N-dealkylation sites (tertiary alicyclic amines) is 1. The highest BCUT2D eigenvalue weighted by molar-refractivity contribution is 7.89. The molecule has 0 aliphatic carbocycles. The number of benzene rings is 2. The quantitative estimate of drug-likeness (QED) is 0.887. The Morgan fingerprint density at radius 3 is 2.31 bits per heavy atom. The number of carbonyl (C=O) groups is 1. The fraction of sp³-hybridized carbons (Fsp3) is 0.278. The molecule has 0 bridgehead atoms. The van der Waals surface area contributed by atoms with Crippen molar-refractivity contribution in [2.75, 3.05) is 13.1 Å². The molecular weight excluding hydrogens is 362 g/mol. The third-order valence-corrected chi connectivity index (χ3v) is 5.86. The molecule has 0 saturated carbocycles. The highest BCUT2D eigenvalue weighted by atomic mass is 32.2. The lowest BCUT2D eigenvalue weighted by Crippen LogP contribution is -2.46. The van der Waals surface area contributed by atoms with Gasteiger partial charge in [0.2, 0.25) is 10.0 Å². The largest absolute Gasteiger partial charge is 0.338 e. The normalized spacial score (nSPS) is 15.8. The first kappa shape index (κ1) is 18.5. The summed E-state index contributed by atoms with van der Waals surface area (Å²) < 4.78 is 54.0. The average Bonchev–Trinajstić information content (AvgIpc) is 2.62. The van der Waals surface area contributed by atoms with Crippen LogP contribution in [0.25, 0.3) is 0 Å². The summed E-state index contributed by atoms with van der Waals surface area (Å²) in [6.07, 6.45) is 0.835. The Bertz CT molecular complexity index is 896. The molecule has 2 aromatic carbocycles. The molecule has 0 unspecified atom stereocenters. The lowest BCUT2D eigenvalue weighted by Gasteiger charge is -2.32. The molecular formula is C18H18F2N2O3S. The minimum absolute atomic E-state index is 0.185. The van der Waals surface area contributed by atoms with Crippen molar-refractivity contribution < 1.29 is 22.0 Å². The van der Waals surface area contributed by atoms with E-state index in [1.807, 2.05) is 0 Å². The van der Waals surface area contributed by atoms with Crippen LogP contribution in [0.15, 0.2) is 53.4 Å². The van der Waals surface area contributed by atoms with Crippen molar-refractivity contribution in [2.24, 2.45) is 0 Å². The van der Waals surface area contributed by atoms with E-state index in [-0.39, 0.29) is 29.6 Å². The van der Waals surface area contributed by atoms with Gasteiger partial charge in [-0.1, -0.05) is 18.2 Å². The summed E-state index contributed by atoms with van der Waals surface area (Å²) in [5.74, 6) is -2.16. The Hall–Kier alpha value is -2.32. The van der Waals surface area contributed by atoms with E-state index in [4.69, 9.17) is 0 Å². The zero-order chi connectivity index (χ0) is 18.7. The first-order valence-corrected chi connectivity index (χ1v) is 9.67. The third-order valence-electron chi connectivity index (χ3n) is 4.32. The first-order chi connectivity index (χ1) is 12.4. The van der Waals surface area contributed by atoms with E-state index in [0.717, 1.165) is 12.1 Å². The summed E-state index contributed by atoms with van der Waals surface area (Å²) in [7, 11) is -3.62. The van der Waals surface area contributed by atoms with Crippen molar-refractivity contribution in [3.05, 3.63) is 65.7 Å². The maximum Gasteiger partial charge on any atom is 0.256 e. The molecule has 1 aliphatic rings. The van der Waals surface area contributed by atoms with Gasteiger partial charge in [0.1, 0.15) is 11.6 Å². The number of nitrogens with one attached hydrogen (secondary N) is 1. The maximum atomic E-state index is 13.8. The molecule has 2 aromatic rings. The minimum atomic E-state index is -3.62. The number of nitrogens with zero attached hydrogens (tertiary/aromatic N) is 1. The third kappa shape index (κ3) is 4.08. The van der Waals surface area contributed by atoms with Gasteiger partial charge in [-0.2, -0.15) is 0 Å². The van der Waals surface area contributed by atoms with Gasteiger partial charge in [0.05, 0.1) is 10.5 Å². The van der Waals surface area contributed by atoms with E-state index in [0.29, 0.717) is 18.9 Å². The molecule has 0 spiro atoms. The van der Waals surface area contributed by atoms with E-state index in [1.165, 1.54) is 17.0 Å². The molecule has 1 heterocycles. The molecule has 5 nitrogen and oxygen atoms in total. The van der Waals surface area contributed by atoms with Gasteiger partial charge in [0.25, 0.3) is 5.91 Å². The van der Waals surface area contributed by atoms with Crippen molar-refractivity contribution in [3.63, 3.8) is 0 Å².